The lowest BCUT2D eigenvalue weighted by Crippen LogP contribution is -2.00. The highest BCUT2D eigenvalue weighted by Crippen LogP contribution is 2.24. The third-order valence-corrected chi connectivity index (χ3v) is 3.69. The van der Waals surface area contributed by atoms with Gasteiger partial charge in [0.15, 0.2) is 5.69 Å². The van der Waals surface area contributed by atoms with E-state index >= 15 is 0 Å². The van der Waals surface area contributed by atoms with Crippen LogP contribution in [0, 0.1) is 0 Å². The lowest BCUT2D eigenvalue weighted by Gasteiger charge is -1.98. The van der Waals surface area contributed by atoms with Gasteiger partial charge in [0.25, 0.3) is 0 Å². The number of hydrogen-bond acceptors (Lipinski definition) is 5. The number of aromatic nitrogens is 3. The summed E-state index contributed by atoms with van der Waals surface area (Å²) in [6.07, 6.45) is 1.29. The number of methoxy groups -OCH3 is 1. The molecule has 2 aromatic heterocycles. The fourth-order valence-corrected chi connectivity index (χ4v) is 2.46. The molecule has 2 heterocycles. The molecule has 2 aromatic carbocycles. The Morgan fingerprint density at radius 1 is 1.04 bits per heavy atom. The van der Waals surface area contributed by atoms with E-state index in [1.54, 1.807) is 0 Å². The maximum atomic E-state index is 11.4. The molecule has 0 atom stereocenters. The quantitative estimate of drug-likeness (QED) is 0.583. The monoisotopic (exact) mass is 319 g/mol. The number of oxazole rings is 1. The Kier molecular flexibility index (Phi) is 3.35. The number of carbonyl (C=O) groups is 1. The number of aromatic amines is 1. The van der Waals surface area contributed by atoms with Gasteiger partial charge in [-0.05, 0) is 24.3 Å². The smallest absolute Gasteiger partial charge is 0.360 e. The Labute approximate surface area is 137 Å². The zero-order valence-corrected chi connectivity index (χ0v) is 12.8. The third kappa shape index (κ3) is 2.44. The minimum absolute atomic E-state index is 0.147. The Hall–Kier alpha value is -3.41. The summed E-state index contributed by atoms with van der Waals surface area (Å²) in [6, 6.07) is 15.5. The van der Waals surface area contributed by atoms with Crippen LogP contribution >= 0.6 is 0 Å². The number of esters is 1. The van der Waals surface area contributed by atoms with Crippen LogP contribution in [-0.4, -0.2) is 28.0 Å². The highest BCUT2D eigenvalue weighted by atomic mass is 16.5. The van der Waals surface area contributed by atoms with E-state index in [1.807, 2.05) is 48.5 Å². The van der Waals surface area contributed by atoms with Crippen LogP contribution in [0.1, 0.15) is 10.5 Å². The summed E-state index contributed by atoms with van der Waals surface area (Å²) in [5.74, 6) is 0.640. The number of benzene rings is 2. The molecular formula is C18H13N3O3. The van der Waals surface area contributed by atoms with Crippen LogP contribution in [0.4, 0.5) is 0 Å². The van der Waals surface area contributed by atoms with Crippen LogP contribution in [0.2, 0.25) is 0 Å². The number of nitrogens with zero attached hydrogens (tertiary/aromatic N) is 2. The van der Waals surface area contributed by atoms with Crippen molar-refractivity contribution in [2.45, 2.75) is 0 Å². The molecule has 1 N–H and O–H groups in total. The first-order valence-corrected chi connectivity index (χ1v) is 7.34. The molecule has 0 fully saturated rings. The van der Waals surface area contributed by atoms with Crippen LogP contribution in [0.25, 0.3) is 33.9 Å². The largest absolute Gasteiger partial charge is 0.464 e. The van der Waals surface area contributed by atoms with Gasteiger partial charge in [-0.15, -0.1) is 0 Å². The van der Waals surface area contributed by atoms with E-state index in [9.17, 15) is 4.79 Å². The van der Waals surface area contributed by atoms with Gasteiger partial charge in [0.1, 0.15) is 12.1 Å². The summed E-state index contributed by atoms with van der Waals surface area (Å²) in [7, 11) is 1.30. The van der Waals surface area contributed by atoms with Gasteiger partial charge in [0, 0.05) is 11.1 Å². The van der Waals surface area contributed by atoms with Crippen LogP contribution in [-0.2, 0) is 4.74 Å². The molecule has 0 bridgehead atoms. The minimum Gasteiger partial charge on any atom is -0.464 e. The van der Waals surface area contributed by atoms with E-state index in [2.05, 4.69) is 19.7 Å². The summed E-state index contributed by atoms with van der Waals surface area (Å²) in [4.78, 5) is 23.4. The second kappa shape index (κ2) is 5.66. The first-order valence-electron chi connectivity index (χ1n) is 7.34. The number of carbonyl (C=O) groups excluding carboxylic acids is 1. The number of ether oxygens (including phenoxy) is 1. The van der Waals surface area contributed by atoms with Gasteiger partial charge in [-0.1, -0.05) is 24.3 Å². The van der Waals surface area contributed by atoms with Crippen LogP contribution in [0.5, 0.6) is 0 Å². The Morgan fingerprint density at radius 2 is 1.79 bits per heavy atom. The Morgan fingerprint density at radius 3 is 2.54 bits per heavy atom. The average Bonchev–Trinajstić information content (AvgIpc) is 3.28. The van der Waals surface area contributed by atoms with Gasteiger partial charge >= 0.3 is 5.97 Å². The molecule has 118 valence electrons. The summed E-state index contributed by atoms with van der Waals surface area (Å²) < 4.78 is 9.95. The van der Waals surface area contributed by atoms with Gasteiger partial charge in [-0.3, -0.25) is 0 Å². The molecule has 0 aliphatic heterocycles. The van der Waals surface area contributed by atoms with Crippen LogP contribution < -0.4 is 0 Å². The van der Waals surface area contributed by atoms with Crippen molar-refractivity contribution in [1.82, 2.24) is 15.0 Å². The lowest BCUT2D eigenvalue weighted by molar-refractivity contribution is 0.0594. The fraction of sp³-hybridized carbons (Fsp3) is 0.0556. The molecule has 4 aromatic rings. The number of para-hydroxylation sites is 2. The van der Waals surface area contributed by atoms with Crippen molar-refractivity contribution < 1.29 is 13.9 Å². The summed E-state index contributed by atoms with van der Waals surface area (Å²) in [5.41, 5.74) is 3.78. The number of nitrogens with one attached hydrogen (secondary N) is 1. The molecule has 6 heteroatoms. The highest BCUT2D eigenvalue weighted by molar-refractivity contribution is 5.87. The minimum atomic E-state index is -0.524. The van der Waals surface area contributed by atoms with E-state index in [-0.39, 0.29) is 5.69 Å². The molecule has 0 aliphatic rings. The zero-order valence-electron chi connectivity index (χ0n) is 12.8. The predicted octanol–water partition coefficient (Wildman–Crippen LogP) is 3.67. The number of H-pyrrole nitrogens is 1. The lowest BCUT2D eigenvalue weighted by atomic mass is 10.1. The molecule has 0 spiro atoms. The zero-order chi connectivity index (χ0) is 16.5. The maximum Gasteiger partial charge on any atom is 0.360 e. The van der Waals surface area contributed by atoms with Crippen molar-refractivity contribution in [2.24, 2.45) is 0 Å². The van der Waals surface area contributed by atoms with Gasteiger partial charge in [0.05, 0.1) is 18.1 Å². The maximum absolute atomic E-state index is 11.4. The third-order valence-electron chi connectivity index (χ3n) is 3.69. The van der Waals surface area contributed by atoms with E-state index in [1.165, 1.54) is 13.4 Å². The molecule has 6 nitrogen and oxygen atoms in total. The topological polar surface area (TPSA) is 81.0 Å². The molecule has 0 aliphatic carbocycles. The molecule has 0 radical (unpaired) electrons. The summed E-state index contributed by atoms with van der Waals surface area (Å²) in [5, 5.41) is 0. The van der Waals surface area contributed by atoms with E-state index in [0.29, 0.717) is 5.89 Å². The van der Waals surface area contributed by atoms with Gasteiger partial charge in [0.2, 0.25) is 5.89 Å². The second-order valence-electron chi connectivity index (χ2n) is 5.21. The first kappa shape index (κ1) is 14.2. The van der Waals surface area contributed by atoms with E-state index < -0.39 is 5.97 Å². The van der Waals surface area contributed by atoms with E-state index in [4.69, 9.17) is 4.42 Å². The standard InChI is InChI=1S/C18H13N3O3/c1-23-18(22)15-10-24-17(21-15)12-8-6-11(7-9-12)16-19-13-4-2-3-5-14(13)20-16/h2-10H,1H3,(H,19,20). The number of fused-ring (bicyclic) bond motifs is 1. The van der Waals surface area contributed by atoms with Gasteiger partial charge < -0.3 is 14.1 Å². The van der Waals surface area contributed by atoms with Crippen molar-refractivity contribution in [2.75, 3.05) is 7.11 Å². The molecule has 0 amide bonds. The molecule has 24 heavy (non-hydrogen) atoms. The van der Waals surface area contributed by atoms with E-state index in [0.717, 1.165) is 28.0 Å². The van der Waals surface area contributed by atoms with Crippen molar-refractivity contribution in [3.63, 3.8) is 0 Å². The normalized spacial score (nSPS) is 10.9. The second-order valence-corrected chi connectivity index (χ2v) is 5.21. The number of rotatable bonds is 3. The Bertz CT molecular complexity index is 982. The molecule has 0 unspecified atom stereocenters. The highest BCUT2D eigenvalue weighted by Gasteiger charge is 2.14. The summed E-state index contributed by atoms with van der Waals surface area (Å²) >= 11 is 0. The molecule has 0 saturated carbocycles. The Balaban J connectivity index is 1.64. The SMILES string of the molecule is COC(=O)c1coc(-c2ccc(-c3nc4ccccc4[nH]3)cc2)n1. The molecule has 0 saturated heterocycles. The van der Waals surface area contributed by atoms with Gasteiger partial charge in [-0.2, -0.15) is 0 Å². The van der Waals surface area contributed by atoms with Crippen molar-refractivity contribution in [3.8, 4) is 22.8 Å². The molecular weight excluding hydrogens is 306 g/mol. The predicted molar refractivity (Wildman–Crippen MR) is 88.4 cm³/mol. The van der Waals surface area contributed by atoms with Gasteiger partial charge in [-0.25, -0.2) is 14.8 Å². The first-order chi connectivity index (χ1) is 11.7. The van der Waals surface area contributed by atoms with Crippen LogP contribution in [0.15, 0.2) is 59.2 Å². The fourth-order valence-electron chi connectivity index (χ4n) is 2.46. The van der Waals surface area contributed by atoms with Crippen molar-refractivity contribution >= 4 is 17.0 Å². The number of hydrogen-bond donors (Lipinski definition) is 1. The molecule has 4 rings (SSSR count). The van der Waals surface area contributed by atoms with Crippen LogP contribution in [0.3, 0.4) is 0 Å². The summed E-state index contributed by atoms with van der Waals surface area (Å²) in [6.45, 7) is 0. The van der Waals surface area contributed by atoms with Crippen molar-refractivity contribution in [3.05, 3.63) is 60.5 Å². The average molecular weight is 319 g/mol. The van der Waals surface area contributed by atoms with Crippen molar-refractivity contribution in [1.29, 1.82) is 0 Å². The number of imidazole rings is 1.